The van der Waals surface area contributed by atoms with Gasteiger partial charge in [-0.3, -0.25) is 4.79 Å². The fourth-order valence-electron chi connectivity index (χ4n) is 3.37. The van der Waals surface area contributed by atoms with E-state index in [0.717, 1.165) is 19.3 Å². The van der Waals surface area contributed by atoms with Gasteiger partial charge in [0.2, 0.25) is 5.91 Å². The molecule has 0 radical (unpaired) electrons. The molecule has 4 nitrogen and oxygen atoms in total. The van der Waals surface area contributed by atoms with Gasteiger partial charge in [0.15, 0.2) is 0 Å². The topological polar surface area (TPSA) is 66.4 Å². The van der Waals surface area contributed by atoms with Crippen molar-refractivity contribution >= 4 is 11.9 Å². The van der Waals surface area contributed by atoms with Crippen LogP contribution in [0.2, 0.25) is 0 Å². The zero-order chi connectivity index (χ0) is 13.9. The van der Waals surface area contributed by atoms with Crippen LogP contribution in [0.4, 0.5) is 0 Å². The molecule has 1 amide bonds. The van der Waals surface area contributed by atoms with Gasteiger partial charge in [-0.2, -0.15) is 0 Å². The number of carbonyl (C=O) groups excluding carboxylic acids is 1. The molecule has 0 aromatic carbocycles. The normalized spacial score (nSPS) is 23.6. The number of hydrogen-bond donors (Lipinski definition) is 2. The van der Waals surface area contributed by atoms with E-state index in [4.69, 9.17) is 0 Å². The van der Waals surface area contributed by atoms with Gasteiger partial charge in [-0.25, -0.2) is 4.79 Å². The Bertz CT molecular complexity index is 343. The van der Waals surface area contributed by atoms with Crippen LogP contribution in [-0.2, 0) is 9.59 Å². The first-order valence-electron chi connectivity index (χ1n) is 7.63. The van der Waals surface area contributed by atoms with Crippen molar-refractivity contribution in [2.24, 2.45) is 11.8 Å². The molecule has 1 unspecified atom stereocenters. The Kier molecular flexibility index (Phi) is 4.48. The largest absolute Gasteiger partial charge is 0.480 e. The Hall–Kier alpha value is -1.06. The summed E-state index contributed by atoms with van der Waals surface area (Å²) in [5, 5.41) is 12.1. The highest BCUT2D eigenvalue weighted by Gasteiger charge is 2.46. The minimum absolute atomic E-state index is 0.0140. The summed E-state index contributed by atoms with van der Waals surface area (Å²) in [6, 6.07) is 0. The highest BCUT2D eigenvalue weighted by Crippen LogP contribution is 2.34. The first-order chi connectivity index (χ1) is 9.07. The van der Waals surface area contributed by atoms with Gasteiger partial charge >= 0.3 is 5.97 Å². The van der Waals surface area contributed by atoms with Crippen LogP contribution in [0.3, 0.4) is 0 Å². The van der Waals surface area contributed by atoms with E-state index in [1.165, 1.54) is 25.7 Å². The van der Waals surface area contributed by atoms with E-state index in [1.807, 2.05) is 6.92 Å². The lowest BCUT2D eigenvalue weighted by atomic mass is 9.76. The first kappa shape index (κ1) is 14.4. The average molecular weight is 267 g/mol. The predicted octanol–water partition coefficient (Wildman–Crippen LogP) is 2.72. The fraction of sp³-hybridized carbons (Fsp3) is 0.867. The van der Waals surface area contributed by atoms with E-state index >= 15 is 0 Å². The van der Waals surface area contributed by atoms with E-state index in [-0.39, 0.29) is 11.8 Å². The summed E-state index contributed by atoms with van der Waals surface area (Å²) in [6.45, 7) is 2.02. The van der Waals surface area contributed by atoms with Crippen LogP contribution in [0, 0.1) is 11.8 Å². The van der Waals surface area contributed by atoms with Crippen molar-refractivity contribution in [1.82, 2.24) is 5.32 Å². The van der Waals surface area contributed by atoms with Gasteiger partial charge in [0.05, 0.1) is 0 Å². The fourth-order valence-corrected chi connectivity index (χ4v) is 3.37. The third-order valence-electron chi connectivity index (χ3n) is 4.94. The van der Waals surface area contributed by atoms with E-state index in [1.54, 1.807) is 0 Å². The molecule has 2 aliphatic rings. The summed E-state index contributed by atoms with van der Waals surface area (Å²) in [7, 11) is 0. The Morgan fingerprint density at radius 3 is 2.32 bits per heavy atom. The van der Waals surface area contributed by atoms with Crippen molar-refractivity contribution in [2.45, 2.75) is 70.3 Å². The summed E-state index contributed by atoms with van der Waals surface area (Å²) < 4.78 is 0. The standard InChI is InChI=1S/C15H25NO3/c1-2-12(10-11-6-3-4-7-11)13(17)16-15(14(18)19)8-5-9-15/h11-12H,2-10H2,1H3,(H,16,17)(H,18,19). The second-order valence-electron chi connectivity index (χ2n) is 6.22. The maximum Gasteiger partial charge on any atom is 0.329 e. The smallest absolute Gasteiger partial charge is 0.329 e. The molecule has 19 heavy (non-hydrogen) atoms. The van der Waals surface area contributed by atoms with E-state index in [2.05, 4.69) is 5.32 Å². The number of hydrogen-bond acceptors (Lipinski definition) is 2. The Labute approximate surface area is 115 Å². The number of rotatable bonds is 6. The molecule has 0 aromatic heterocycles. The van der Waals surface area contributed by atoms with Crippen LogP contribution in [0.15, 0.2) is 0 Å². The van der Waals surface area contributed by atoms with Gasteiger partial charge in [0.1, 0.15) is 5.54 Å². The number of nitrogens with one attached hydrogen (secondary N) is 1. The van der Waals surface area contributed by atoms with Gasteiger partial charge in [0.25, 0.3) is 0 Å². The van der Waals surface area contributed by atoms with E-state index in [0.29, 0.717) is 18.8 Å². The Morgan fingerprint density at radius 1 is 1.26 bits per heavy atom. The van der Waals surface area contributed by atoms with E-state index < -0.39 is 11.5 Å². The van der Waals surface area contributed by atoms with Crippen molar-refractivity contribution in [3.63, 3.8) is 0 Å². The minimum Gasteiger partial charge on any atom is -0.480 e. The molecule has 108 valence electrons. The van der Waals surface area contributed by atoms with Crippen molar-refractivity contribution in [2.75, 3.05) is 0 Å². The highest BCUT2D eigenvalue weighted by atomic mass is 16.4. The molecule has 2 saturated carbocycles. The summed E-state index contributed by atoms with van der Waals surface area (Å²) >= 11 is 0. The molecular formula is C15H25NO3. The van der Waals surface area contributed by atoms with Crippen LogP contribution < -0.4 is 5.32 Å². The van der Waals surface area contributed by atoms with Crippen LogP contribution in [-0.4, -0.2) is 22.5 Å². The molecule has 0 aliphatic heterocycles. The minimum atomic E-state index is -0.958. The second-order valence-corrected chi connectivity index (χ2v) is 6.22. The van der Waals surface area contributed by atoms with Crippen LogP contribution >= 0.6 is 0 Å². The highest BCUT2D eigenvalue weighted by molar-refractivity contribution is 5.88. The summed E-state index contributed by atoms with van der Waals surface area (Å²) in [5.41, 5.74) is -0.958. The van der Waals surface area contributed by atoms with Crippen LogP contribution in [0.1, 0.15) is 64.7 Å². The predicted molar refractivity (Wildman–Crippen MR) is 72.7 cm³/mol. The molecule has 0 bridgehead atoms. The number of carbonyl (C=O) groups is 2. The first-order valence-corrected chi connectivity index (χ1v) is 7.63. The lowest BCUT2D eigenvalue weighted by molar-refractivity contribution is -0.152. The number of carboxylic acid groups (broad SMARTS) is 1. The van der Waals surface area contributed by atoms with Crippen LogP contribution in [0.25, 0.3) is 0 Å². The maximum atomic E-state index is 12.3. The summed E-state index contributed by atoms with van der Waals surface area (Å²) in [4.78, 5) is 23.6. The van der Waals surface area contributed by atoms with Crippen molar-refractivity contribution in [1.29, 1.82) is 0 Å². The third-order valence-corrected chi connectivity index (χ3v) is 4.94. The molecule has 0 aromatic rings. The molecule has 0 spiro atoms. The summed E-state index contributed by atoms with van der Waals surface area (Å²) in [5.74, 6) is -0.267. The van der Waals surface area contributed by atoms with Gasteiger partial charge in [0, 0.05) is 5.92 Å². The quantitative estimate of drug-likeness (QED) is 0.777. The van der Waals surface area contributed by atoms with Gasteiger partial charge in [-0.05, 0) is 38.0 Å². The van der Waals surface area contributed by atoms with Gasteiger partial charge in [-0.1, -0.05) is 32.6 Å². The maximum absolute atomic E-state index is 12.3. The van der Waals surface area contributed by atoms with Gasteiger partial charge < -0.3 is 10.4 Å². The Balaban J connectivity index is 1.90. The molecule has 0 saturated heterocycles. The lowest BCUT2D eigenvalue weighted by Crippen LogP contribution is -2.60. The summed E-state index contributed by atoms with van der Waals surface area (Å²) in [6.07, 6.45) is 8.80. The molecule has 4 heteroatoms. The third kappa shape index (κ3) is 3.10. The van der Waals surface area contributed by atoms with Crippen molar-refractivity contribution < 1.29 is 14.7 Å². The Morgan fingerprint density at radius 2 is 1.89 bits per heavy atom. The molecular weight excluding hydrogens is 242 g/mol. The zero-order valence-corrected chi connectivity index (χ0v) is 11.8. The monoisotopic (exact) mass is 267 g/mol. The number of carboxylic acids is 1. The molecule has 1 atom stereocenters. The van der Waals surface area contributed by atoms with Crippen molar-refractivity contribution in [3.05, 3.63) is 0 Å². The molecule has 2 aliphatic carbocycles. The molecule has 0 heterocycles. The molecule has 2 N–H and O–H groups in total. The van der Waals surface area contributed by atoms with Crippen molar-refractivity contribution in [3.8, 4) is 0 Å². The lowest BCUT2D eigenvalue weighted by Gasteiger charge is -2.39. The van der Waals surface area contributed by atoms with E-state index in [9.17, 15) is 14.7 Å². The second kappa shape index (κ2) is 5.93. The SMILES string of the molecule is CCC(CC1CCCC1)C(=O)NC1(C(=O)O)CCC1. The van der Waals surface area contributed by atoms with Gasteiger partial charge in [-0.15, -0.1) is 0 Å². The van der Waals surface area contributed by atoms with Crippen LogP contribution in [0.5, 0.6) is 0 Å². The molecule has 2 fully saturated rings. The zero-order valence-electron chi connectivity index (χ0n) is 11.8. The molecule has 2 rings (SSSR count). The average Bonchev–Trinajstić information content (AvgIpc) is 2.82. The number of amides is 1. The number of aliphatic carboxylic acids is 1.